The number of nitrogens with one attached hydrogen (secondary N) is 1. The zero-order valence-electron chi connectivity index (χ0n) is 12.1. The van der Waals surface area contributed by atoms with Gasteiger partial charge in [0.05, 0.1) is 20.1 Å². The second-order valence-electron chi connectivity index (χ2n) is 5.06. The second-order valence-corrected chi connectivity index (χ2v) is 6.00. The molecule has 2 N–H and O–H groups in total. The Labute approximate surface area is 128 Å². The predicted molar refractivity (Wildman–Crippen MR) is 83.6 cm³/mol. The Morgan fingerprint density at radius 1 is 1.38 bits per heavy atom. The summed E-state index contributed by atoms with van der Waals surface area (Å²) in [5.74, 6) is 0.603. The number of thiophene rings is 1. The van der Waals surface area contributed by atoms with Gasteiger partial charge in [-0.2, -0.15) is 0 Å². The third-order valence-electron chi connectivity index (χ3n) is 3.18. The first kappa shape index (κ1) is 15.5. The molecule has 0 bridgehead atoms. The van der Waals surface area contributed by atoms with Crippen molar-refractivity contribution in [2.75, 3.05) is 13.7 Å². The SMILES string of the molecule is COc1cccc(CC(=O)NCC(C)(O)c2cccs2)c1. The van der Waals surface area contributed by atoms with Crippen LogP contribution in [0.3, 0.4) is 0 Å². The smallest absolute Gasteiger partial charge is 0.224 e. The van der Waals surface area contributed by atoms with Gasteiger partial charge in [0.15, 0.2) is 0 Å². The molecule has 21 heavy (non-hydrogen) atoms. The fraction of sp³-hybridized carbons (Fsp3) is 0.312. The minimum absolute atomic E-state index is 0.125. The zero-order chi connectivity index (χ0) is 15.3. The summed E-state index contributed by atoms with van der Waals surface area (Å²) in [4.78, 5) is 12.8. The van der Waals surface area contributed by atoms with Crippen LogP contribution in [0.15, 0.2) is 41.8 Å². The van der Waals surface area contributed by atoms with E-state index in [4.69, 9.17) is 4.74 Å². The molecule has 0 radical (unpaired) electrons. The largest absolute Gasteiger partial charge is 0.497 e. The number of aliphatic hydroxyl groups is 1. The minimum atomic E-state index is -1.04. The molecule has 0 aliphatic rings. The molecule has 1 heterocycles. The number of carbonyl (C=O) groups excluding carboxylic acids is 1. The molecule has 0 spiro atoms. The van der Waals surface area contributed by atoms with Crippen LogP contribution >= 0.6 is 11.3 Å². The Bertz CT molecular complexity index is 593. The van der Waals surface area contributed by atoms with Gasteiger partial charge >= 0.3 is 0 Å². The Morgan fingerprint density at radius 3 is 2.86 bits per heavy atom. The summed E-state index contributed by atoms with van der Waals surface area (Å²) in [6.07, 6.45) is 0.262. The van der Waals surface area contributed by atoms with Gasteiger partial charge in [-0.15, -0.1) is 11.3 Å². The van der Waals surface area contributed by atoms with Gasteiger partial charge in [-0.1, -0.05) is 18.2 Å². The molecule has 0 fully saturated rings. The number of hydrogen-bond acceptors (Lipinski definition) is 4. The van der Waals surface area contributed by atoms with Crippen LogP contribution in [0, 0.1) is 0 Å². The summed E-state index contributed by atoms with van der Waals surface area (Å²) in [6, 6.07) is 11.1. The van der Waals surface area contributed by atoms with Crippen molar-refractivity contribution >= 4 is 17.2 Å². The van der Waals surface area contributed by atoms with Gasteiger partial charge < -0.3 is 15.2 Å². The Balaban J connectivity index is 1.90. The van der Waals surface area contributed by atoms with Crippen molar-refractivity contribution in [3.63, 3.8) is 0 Å². The number of rotatable bonds is 6. The average molecular weight is 305 g/mol. The van der Waals surface area contributed by atoms with E-state index in [1.165, 1.54) is 11.3 Å². The highest BCUT2D eigenvalue weighted by Crippen LogP contribution is 2.24. The van der Waals surface area contributed by atoms with Crippen LogP contribution in [0.1, 0.15) is 17.4 Å². The Hall–Kier alpha value is -1.85. The number of carbonyl (C=O) groups is 1. The van der Waals surface area contributed by atoms with E-state index in [1.54, 1.807) is 14.0 Å². The molecule has 0 saturated carbocycles. The van der Waals surface area contributed by atoms with Crippen molar-refractivity contribution in [3.05, 3.63) is 52.2 Å². The normalized spacial score (nSPS) is 13.5. The van der Waals surface area contributed by atoms with E-state index in [0.717, 1.165) is 16.2 Å². The Morgan fingerprint density at radius 2 is 2.19 bits per heavy atom. The fourth-order valence-corrected chi connectivity index (χ4v) is 2.76. The fourth-order valence-electron chi connectivity index (χ4n) is 1.97. The molecule has 1 atom stereocenters. The maximum atomic E-state index is 12.0. The van der Waals surface area contributed by atoms with E-state index in [-0.39, 0.29) is 18.9 Å². The highest BCUT2D eigenvalue weighted by Gasteiger charge is 2.24. The van der Waals surface area contributed by atoms with Crippen molar-refractivity contribution in [1.29, 1.82) is 0 Å². The molecular formula is C16H19NO3S. The summed E-state index contributed by atoms with van der Waals surface area (Å²) in [5.41, 5.74) is -0.166. The average Bonchev–Trinajstić information content (AvgIpc) is 3.00. The van der Waals surface area contributed by atoms with Gasteiger partial charge in [0.1, 0.15) is 11.4 Å². The standard InChI is InChI=1S/C16H19NO3S/c1-16(19,14-7-4-8-21-14)11-17-15(18)10-12-5-3-6-13(9-12)20-2/h3-9,19H,10-11H2,1-2H3,(H,17,18). The molecule has 1 unspecified atom stereocenters. The van der Waals surface area contributed by atoms with Crippen molar-refractivity contribution < 1.29 is 14.6 Å². The lowest BCUT2D eigenvalue weighted by Crippen LogP contribution is -2.38. The van der Waals surface area contributed by atoms with Gasteiger partial charge in [0.2, 0.25) is 5.91 Å². The van der Waals surface area contributed by atoms with Crippen LogP contribution in [0.5, 0.6) is 5.75 Å². The van der Waals surface area contributed by atoms with Crippen molar-refractivity contribution in [3.8, 4) is 5.75 Å². The van der Waals surface area contributed by atoms with Crippen LogP contribution in [0.25, 0.3) is 0 Å². The first-order valence-corrected chi connectivity index (χ1v) is 7.55. The lowest BCUT2D eigenvalue weighted by Gasteiger charge is -2.22. The Kier molecular flexibility index (Phi) is 4.98. The molecule has 4 nitrogen and oxygen atoms in total. The maximum Gasteiger partial charge on any atom is 0.224 e. The van der Waals surface area contributed by atoms with E-state index >= 15 is 0 Å². The molecule has 2 rings (SSSR count). The van der Waals surface area contributed by atoms with Gasteiger partial charge in [0, 0.05) is 4.88 Å². The van der Waals surface area contributed by atoms with Gasteiger partial charge in [-0.25, -0.2) is 0 Å². The molecule has 5 heteroatoms. The van der Waals surface area contributed by atoms with Crippen molar-refractivity contribution in [2.45, 2.75) is 18.9 Å². The summed E-state index contributed by atoms with van der Waals surface area (Å²) in [5, 5.41) is 15.0. The monoisotopic (exact) mass is 305 g/mol. The molecule has 112 valence electrons. The lowest BCUT2D eigenvalue weighted by molar-refractivity contribution is -0.121. The summed E-state index contributed by atoms with van der Waals surface area (Å²) < 4.78 is 5.13. The number of methoxy groups -OCH3 is 1. The van der Waals surface area contributed by atoms with E-state index in [9.17, 15) is 9.90 Å². The molecule has 1 amide bonds. The number of hydrogen-bond donors (Lipinski definition) is 2. The van der Waals surface area contributed by atoms with Gasteiger partial charge in [-0.3, -0.25) is 4.79 Å². The summed E-state index contributed by atoms with van der Waals surface area (Å²) in [6.45, 7) is 1.89. The van der Waals surface area contributed by atoms with Crippen LogP contribution in [-0.2, 0) is 16.8 Å². The molecule has 0 aliphatic heterocycles. The third kappa shape index (κ3) is 4.31. The molecule has 1 aromatic heterocycles. The van der Waals surface area contributed by atoms with Crippen LogP contribution in [-0.4, -0.2) is 24.7 Å². The number of amides is 1. The number of benzene rings is 1. The van der Waals surface area contributed by atoms with E-state index in [1.807, 2.05) is 41.8 Å². The zero-order valence-corrected chi connectivity index (χ0v) is 12.9. The highest BCUT2D eigenvalue weighted by atomic mass is 32.1. The summed E-state index contributed by atoms with van der Waals surface area (Å²) >= 11 is 1.47. The van der Waals surface area contributed by atoms with E-state index in [2.05, 4.69) is 5.32 Å². The molecule has 1 aromatic carbocycles. The lowest BCUT2D eigenvalue weighted by atomic mass is 10.0. The molecule has 2 aromatic rings. The van der Waals surface area contributed by atoms with E-state index in [0.29, 0.717) is 0 Å². The summed E-state index contributed by atoms with van der Waals surface area (Å²) in [7, 11) is 1.59. The second kappa shape index (κ2) is 6.74. The topological polar surface area (TPSA) is 58.6 Å². The van der Waals surface area contributed by atoms with Gasteiger partial charge in [-0.05, 0) is 36.1 Å². The van der Waals surface area contributed by atoms with Crippen molar-refractivity contribution in [1.82, 2.24) is 5.32 Å². The molecule has 0 saturated heterocycles. The highest BCUT2D eigenvalue weighted by molar-refractivity contribution is 7.10. The van der Waals surface area contributed by atoms with Crippen LogP contribution in [0.4, 0.5) is 0 Å². The first-order valence-electron chi connectivity index (χ1n) is 6.67. The first-order chi connectivity index (χ1) is 10.0. The number of ether oxygens (including phenoxy) is 1. The quantitative estimate of drug-likeness (QED) is 0.861. The van der Waals surface area contributed by atoms with Crippen LogP contribution < -0.4 is 10.1 Å². The minimum Gasteiger partial charge on any atom is -0.497 e. The van der Waals surface area contributed by atoms with Crippen molar-refractivity contribution in [2.24, 2.45) is 0 Å². The van der Waals surface area contributed by atoms with Crippen LogP contribution in [0.2, 0.25) is 0 Å². The predicted octanol–water partition coefficient (Wildman–Crippen LogP) is 2.32. The van der Waals surface area contributed by atoms with E-state index < -0.39 is 5.60 Å². The van der Waals surface area contributed by atoms with Gasteiger partial charge in [0.25, 0.3) is 0 Å². The third-order valence-corrected chi connectivity index (χ3v) is 4.30. The molecular weight excluding hydrogens is 286 g/mol. The molecule has 0 aliphatic carbocycles. The maximum absolute atomic E-state index is 12.0.